The third-order valence-electron chi connectivity index (χ3n) is 5.82. The number of hydrogen-bond donors (Lipinski definition) is 4. The first-order chi connectivity index (χ1) is 15.4. The Labute approximate surface area is 196 Å². The molecule has 0 spiro atoms. The Hall–Kier alpha value is -1.75. The number of unbranched alkanes of at least 4 members (excludes halogenated alkanes) is 1. The van der Waals surface area contributed by atoms with Gasteiger partial charge in [-0.3, -0.25) is 9.59 Å². The van der Waals surface area contributed by atoms with Crippen molar-refractivity contribution in [3.63, 3.8) is 0 Å². The van der Waals surface area contributed by atoms with Crippen LogP contribution in [0.25, 0.3) is 0 Å². The van der Waals surface area contributed by atoms with Crippen molar-refractivity contribution in [3.8, 4) is 0 Å². The molecule has 0 aromatic heterocycles. The number of hydrogen-bond acceptors (Lipinski definition) is 7. The average molecular weight is 481 g/mol. The third kappa shape index (κ3) is 6.40. The van der Waals surface area contributed by atoms with Gasteiger partial charge in [0.15, 0.2) is 0 Å². The Balaban J connectivity index is 1.81. The van der Waals surface area contributed by atoms with Gasteiger partial charge in [-0.15, -0.1) is 0 Å². The highest BCUT2D eigenvalue weighted by Crippen LogP contribution is 2.28. The Morgan fingerprint density at radius 3 is 2.69 bits per heavy atom. The van der Waals surface area contributed by atoms with Gasteiger partial charge in [0, 0.05) is 37.1 Å². The Bertz CT molecular complexity index is 825. The van der Waals surface area contributed by atoms with E-state index in [1.54, 1.807) is 26.5 Å². The smallest absolute Gasteiger partial charge is 0.326 e. The van der Waals surface area contributed by atoms with Crippen molar-refractivity contribution in [1.82, 2.24) is 15.5 Å². The third-order valence-corrected chi connectivity index (χ3v) is 8.34. The number of carbonyl (C=O) groups excluding carboxylic acids is 2. The number of aliphatic carboxylic acids is 1. The number of carbonyl (C=O) groups is 3. The number of rotatable bonds is 7. The standard InChI is InChI=1S/C22H32N4O4S2/c1-2-3-8-17(22(29)30)25-20(27)19-9-14-6-4-5-7-15(14)11-26(19)21(28)18-13-32-31-12-16(23)10-24-18/h4-7,16-19,24H,2-3,8-13,23H2,1H3,(H,25,27)(H,29,30). The zero-order valence-corrected chi connectivity index (χ0v) is 19.9. The second-order valence-corrected chi connectivity index (χ2v) is 10.8. The van der Waals surface area contributed by atoms with Crippen molar-refractivity contribution in [3.05, 3.63) is 35.4 Å². The van der Waals surface area contributed by atoms with Crippen LogP contribution in [0, 0.1) is 0 Å². The van der Waals surface area contributed by atoms with Crippen LogP contribution < -0.4 is 16.4 Å². The lowest BCUT2D eigenvalue weighted by molar-refractivity contribution is -0.146. The molecule has 0 bridgehead atoms. The van der Waals surface area contributed by atoms with Crippen molar-refractivity contribution in [1.29, 1.82) is 0 Å². The van der Waals surface area contributed by atoms with E-state index < -0.39 is 30.0 Å². The number of nitrogens with two attached hydrogens (primary N) is 1. The van der Waals surface area contributed by atoms with E-state index in [9.17, 15) is 19.5 Å². The van der Waals surface area contributed by atoms with Crippen LogP contribution in [0.1, 0.15) is 37.3 Å². The molecule has 5 N–H and O–H groups in total. The second-order valence-electron chi connectivity index (χ2n) is 8.29. The Morgan fingerprint density at radius 1 is 1.25 bits per heavy atom. The topological polar surface area (TPSA) is 125 Å². The number of benzene rings is 1. The molecule has 10 heteroatoms. The maximum Gasteiger partial charge on any atom is 0.326 e. The molecule has 176 valence electrons. The first-order valence-corrected chi connectivity index (χ1v) is 13.5. The molecule has 1 fully saturated rings. The molecular weight excluding hydrogens is 448 g/mol. The summed E-state index contributed by atoms with van der Waals surface area (Å²) in [6, 6.07) is 5.57. The lowest BCUT2D eigenvalue weighted by Gasteiger charge is -2.39. The molecule has 2 amide bonds. The molecule has 4 atom stereocenters. The minimum Gasteiger partial charge on any atom is -0.480 e. The molecule has 1 saturated heterocycles. The Kier molecular flexibility index (Phi) is 9.27. The molecule has 8 nitrogen and oxygen atoms in total. The lowest BCUT2D eigenvalue weighted by Crippen LogP contribution is -2.60. The Morgan fingerprint density at radius 2 is 1.97 bits per heavy atom. The van der Waals surface area contributed by atoms with E-state index in [2.05, 4.69) is 10.6 Å². The highest BCUT2D eigenvalue weighted by Gasteiger charge is 2.38. The van der Waals surface area contributed by atoms with Crippen LogP contribution in [0.2, 0.25) is 0 Å². The summed E-state index contributed by atoms with van der Waals surface area (Å²) in [5.74, 6) is -0.223. The van der Waals surface area contributed by atoms with Crippen molar-refractivity contribution < 1.29 is 19.5 Å². The number of amides is 2. The van der Waals surface area contributed by atoms with Gasteiger partial charge in [-0.1, -0.05) is 65.6 Å². The molecule has 3 rings (SSSR count). The van der Waals surface area contributed by atoms with Crippen LogP contribution in [0.3, 0.4) is 0 Å². The van der Waals surface area contributed by atoms with E-state index in [1.165, 1.54) is 0 Å². The summed E-state index contributed by atoms with van der Waals surface area (Å²) in [7, 11) is 3.26. The first-order valence-electron chi connectivity index (χ1n) is 11.0. The molecule has 0 radical (unpaired) electrons. The van der Waals surface area contributed by atoms with Gasteiger partial charge in [-0.2, -0.15) is 0 Å². The van der Waals surface area contributed by atoms with Gasteiger partial charge in [-0.25, -0.2) is 4.79 Å². The summed E-state index contributed by atoms with van der Waals surface area (Å²) < 4.78 is 0. The minimum atomic E-state index is -1.05. The quantitative estimate of drug-likeness (QED) is 0.432. The fraction of sp³-hybridized carbons (Fsp3) is 0.591. The number of carboxylic acids is 1. The first kappa shape index (κ1) is 24.9. The summed E-state index contributed by atoms with van der Waals surface area (Å²) in [5.41, 5.74) is 8.08. The molecule has 0 saturated carbocycles. The number of nitrogens with one attached hydrogen (secondary N) is 2. The van der Waals surface area contributed by atoms with Gasteiger partial charge in [-0.05, 0) is 17.5 Å². The zero-order chi connectivity index (χ0) is 23.1. The van der Waals surface area contributed by atoms with E-state index in [4.69, 9.17) is 5.73 Å². The lowest BCUT2D eigenvalue weighted by atomic mass is 9.92. The molecule has 2 aliphatic heterocycles. The number of nitrogens with zero attached hydrogens (tertiary/aromatic N) is 1. The van der Waals surface area contributed by atoms with Crippen molar-refractivity contribution in [2.45, 2.75) is 63.3 Å². The minimum absolute atomic E-state index is 0.0424. The molecular formula is C22H32N4O4S2. The predicted octanol–water partition coefficient (Wildman–Crippen LogP) is 1.38. The summed E-state index contributed by atoms with van der Waals surface area (Å²) in [5, 5.41) is 15.5. The summed E-state index contributed by atoms with van der Waals surface area (Å²) in [4.78, 5) is 40.1. The van der Waals surface area contributed by atoms with Crippen LogP contribution in [-0.2, 0) is 27.3 Å². The molecule has 1 aromatic rings. The molecule has 2 heterocycles. The second kappa shape index (κ2) is 11.9. The maximum atomic E-state index is 13.5. The van der Waals surface area contributed by atoms with Crippen molar-refractivity contribution in [2.24, 2.45) is 5.73 Å². The van der Waals surface area contributed by atoms with Gasteiger partial charge in [0.2, 0.25) is 11.8 Å². The van der Waals surface area contributed by atoms with E-state index >= 15 is 0 Å². The van der Waals surface area contributed by atoms with Gasteiger partial charge < -0.3 is 26.4 Å². The van der Waals surface area contributed by atoms with Crippen molar-refractivity contribution in [2.75, 3.05) is 18.1 Å². The van der Waals surface area contributed by atoms with E-state index in [0.717, 1.165) is 23.3 Å². The highest BCUT2D eigenvalue weighted by atomic mass is 33.1. The van der Waals surface area contributed by atoms with E-state index in [-0.39, 0.29) is 11.9 Å². The SMILES string of the molecule is CCCCC(NC(=O)C1Cc2ccccc2CN1C(=O)C1CSSCC(N)CN1)C(=O)O. The zero-order valence-electron chi connectivity index (χ0n) is 18.3. The predicted molar refractivity (Wildman–Crippen MR) is 128 cm³/mol. The van der Waals surface area contributed by atoms with Crippen molar-refractivity contribution >= 4 is 39.4 Å². The van der Waals surface area contributed by atoms with Gasteiger partial charge in [0.25, 0.3) is 0 Å². The molecule has 0 aliphatic carbocycles. The van der Waals surface area contributed by atoms with Crippen LogP contribution in [0.5, 0.6) is 0 Å². The average Bonchev–Trinajstić information content (AvgIpc) is 2.77. The summed E-state index contributed by atoms with van der Waals surface area (Å²) >= 11 is 0. The van der Waals surface area contributed by atoms with Crippen LogP contribution in [-0.4, -0.2) is 70.0 Å². The van der Waals surface area contributed by atoms with Gasteiger partial charge in [0.1, 0.15) is 12.1 Å². The van der Waals surface area contributed by atoms with Crippen LogP contribution in [0.4, 0.5) is 0 Å². The number of carboxylic acid groups (broad SMARTS) is 1. The van der Waals surface area contributed by atoms with Crippen LogP contribution >= 0.6 is 21.6 Å². The summed E-state index contributed by atoms with van der Waals surface area (Å²) in [6.07, 6.45) is 2.27. The van der Waals surface area contributed by atoms with Gasteiger partial charge in [0.05, 0.1) is 6.04 Å². The van der Waals surface area contributed by atoms with E-state index in [0.29, 0.717) is 38.1 Å². The largest absolute Gasteiger partial charge is 0.480 e. The number of fused-ring (bicyclic) bond motifs is 1. The molecule has 4 unspecified atom stereocenters. The molecule has 32 heavy (non-hydrogen) atoms. The maximum absolute atomic E-state index is 13.5. The monoisotopic (exact) mass is 480 g/mol. The fourth-order valence-electron chi connectivity index (χ4n) is 3.94. The van der Waals surface area contributed by atoms with E-state index in [1.807, 2.05) is 31.2 Å². The molecule has 1 aromatic carbocycles. The van der Waals surface area contributed by atoms with Gasteiger partial charge >= 0.3 is 5.97 Å². The van der Waals surface area contributed by atoms with Crippen LogP contribution in [0.15, 0.2) is 24.3 Å². The highest BCUT2D eigenvalue weighted by molar-refractivity contribution is 8.76. The fourth-order valence-corrected chi connectivity index (χ4v) is 6.34. The summed E-state index contributed by atoms with van der Waals surface area (Å²) in [6.45, 7) is 2.83. The molecule has 2 aliphatic rings. The normalized spacial score (nSPS) is 24.6.